The Morgan fingerprint density at radius 3 is 1.00 bits per heavy atom. The Hall–Kier alpha value is -1.66. The van der Waals surface area contributed by atoms with E-state index in [1.165, 1.54) is 276 Å². The van der Waals surface area contributed by atoms with Gasteiger partial charge in [-0.25, -0.2) is 0 Å². The molecule has 6 heteroatoms. The molecule has 0 bridgehead atoms. The minimum atomic E-state index is -0.661. The maximum Gasteiger partial charge on any atom is 0.305 e. The lowest BCUT2D eigenvalue weighted by Gasteiger charge is -2.22. The number of amides is 1. The smallest absolute Gasteiger partial charge is 0.305 e. The first-order chi connectivity index (χ1) is 35.0. The number of ether oxygens (including phenoxy) is 1. The van der Waals surface area contributed by atoms with E-state index in [2.05, 4.69) is 43.5 Å². The third kappa shape index (κ3) is 57.5. The fraction of sp³-hybridized carbons (Fsp3) is 0.908. The van der Waals surface area contributed by atoms with Crippen LogP contribution in [0.3, 0.4) is 0 Å². The summed E-state index contributed by atoms with van der Waals surface area (Å²) in [4.78, 5) is 24.5. The third-order valence-electron chi connectivity index (χ3n) is 15.0. The van der Waals surface area contributed by atoms with Crippen LogP contribution >= 0.6 is 0 Å². The van der Waals surface area contributed by atoms with Gasteiger partial charge in [-0.15, -0.1) is 0 Å². The van der Waals surface area contributed by atoms with Gasteiger partial charge in [-0.05, 0) is 77.0 Å². The highest BCUT2D eigenvalue weighted by Gasteiger charge is 2.20. The van der Waals surface area contributed by atoms with Gasteiger partial charge in [-0.2, -0.15) is 0 Å². The molecular weight excluding hydrogens is 875 g/mol. The van der Waals surface area contributed by atoms with Gasteiger partial charge in [0, 0.05) is 12.8 Å². The highest BCUT2D eigenvalue weighted by molar-refractivity contribution is 5.76. The Kier molecular flexibility index (Phi) is 59.5. The number of aliphatic hydroxyl groups excluding tert-OH is 2. The van der Waals surface area contributed by atoms with Crippen molar-refractivity contribution in [2.75, 3.05) is 13.2 Å². The van der Waals surface area contributed by atoms with Crippen molar-refractivity contribution in [3.8, 4) is 0 Å². The zero-order valence-electron chi connectivity index (χ0n) is 48.0. The molecule has 71 heavy (non-hydrogen) atoms. The normalized spacial score (nSPS) is 12.7. The molecule has 6 nitrogen and oxygen atoms in total. The van der Waals surface area contributed by atoms with E-state index < -0.39 is 12.1 Å². The van der Waals surface area contributed by atoms with Crippen molar-refractivity contribution in [3.63, 3.8) is 0 Å². The zero-order valence-corrected chi connectivity index (χ0v) is 48.0. The lowest BCUT2D eigenvalue weighted by Crippen LogP contribution is -2.45. The van der Waals surface area contributed by atoms with Gasteiger partial charge in [-0.1, -0.05) is 289 Å². The van der Waals surface area contributed by atoms with Gasteiger partial charge in [0.2, 0.25) is 5.91 Å². The number of unbranched alkanes of at least 4 members (excludes halogenated alkanes) is 45. The quantitative estimate of drug-likeness (QED) is 0.0320. The summed E-state index contributed by atoms with van der Waals surface area (Å²) >= 11 is 0. The summed E-state index contributed by atoms with van der Waals surface area (Å²) in [6.45, 7) is 4.95. The van der Waals surface area contributed by atoms with Crippen molar-refractivity contribution in [1.29, 1.82) is 0 Å². The van der Waals surface area contributed by atoms with E-state index >= 15 is 0 Å². The molecule has 0 fully saturated rings. The lowest BCUT2D eigenvalue weighted by molar-refractivity contribution is -0.143. The number of carbonyl (C=O) groups excluding carboxylic acids is 2. The molecule has 0 aliphatic heterocycles. The third-order valence-corrected chi connectivity index (χ3v) is 15.0. The highest BCUT2D eigenvalue weighted by atomic mass is 16.5. The second kappa shape index (κ2) is 60.9. The molecule has 2 atom stereocenters. The molecule has 0 aliphatic carbocycles. The molecule has 0 spiro atoms. The van der Waals surface area contributed by atoms with Crippen LogP contribution in [0.15, 0.2) is 24.3 Å². The monoisotopic (exact) mass is 1000 g/mol. The van der Waals surface area contributed by atoms with Gasteiger partial charge in [0.25, 0.3) is 0 Å². The van der Waals surface area contributed by atoms with E-state index in [1.54, 1.807) is 0 Å². The molecule has 420 valence electrons. The number of aliphatic hydroxyl groups is 2. The fourth-order valence-electron chi connectivity index (χ4n) is 10.0. The Balaban J connectivity index is 3.34. The first kappa shape index (κ1) is 69.3. The van der Waals surface area contributed by atoms with Crippen LogP contribution in [0.4, 0.5) is 0 Å². The standard InChI is InChI=1S/C65H125NO5/c1-3-5-7-9-11-13-15-16-32-36-39-43-47-51-55-59-65(70)71-60-56-52-48-44-40-37-34-31-29-27-25-23-21-19-17-18-20-22-24-26-28-30-33-35-38-42-46-50-54-58-64(69)66-62(61-67)63(68)57-53-49-45-41-14-12-10-8-6-4-2/h16-17,19,32,62-63,67-68H,3-15,18,20-31,33-61H2,1-2H3,(H,66,69)/b19-17-,32-16-. The number of allylic oxidation sites excluding steroid dienone is 4. The largest absolute Gasteiger partial charge is 0.466 e. The van der Waals surface area contributed by atoms with Crippen molar-refractivity contribution in [3.05, 3.63) is 24.3 Å². The summed E-state index contributed by atoms with van der Waals surface area (Å²) in [6.07, 6.45) is 75.0. The average molecular weight is 1000 g/mol. The van der Waals surface area contributed by atoms with Gasteiger partial charge in [0.15, 0.2) is 0 Å². The van der Waals surface area contributed by atoms with E-state index in [0.717, 1.165) is 44.9 Å². The predicted octanol–water partition coefficient (Wildman–Crippen LogP) is 20.2. The molecule has 0 aromatic carbocycles. The van der Waals surface area contributed by atoms with E-state index in [-0.39, 0.29) is 18.5 Å². The summed E-state index contributed by atoms with van der Waals surface area (Å²) in [5.41, 5.74) is 0. The van der Waals surface area contributed by atoms with Crippen LogP contribution in [0.5, 0.6) is 0 Å². The molecule has 1 amide bonds. The molecule has 0 aliphatic rings. The SMILES string of the molecule is CCCCCCCC/C=C\CCCCCCCC(=O)OCCCCCCCCCCCCCC/C=C\CCCCCCCCCCCCCCCC(=O)NC(CO)C(O)CCCCCCCCCCCC. The molecular formula is C65H125NO5. The summed E-state index contributed by atoms with van der Waals surface area (Å²) < 4.78 is 5.49. The van der Waals surface area contributed by atoms with Gasteiger partial charge in [-0.3, -0.25) is 9.59 Å². The molecule has 0 heterocycles. The maximum atomic E-state index is 12.4. The average Bonchev–Trinajstić information content (AvgIpc) is 3.37. The zero-order chi connectivity index (χ0) is 51.4. The number of hydrogen-bond acceptors (Lipinski definition) is 5. The molecule has 0 aromatic heterocycles. The summed E-state index contributed by atoms with van der Waals surface area (Å²) in [5, 5.41) is 23.2. The van der Waals surface area contributed by atoms with Crippen LogP contribution in [0, 0.1) is 0 Å². The molecule has 0 rings (SSSR count). The van der Waals surface area contributed by atoms with Crippen LogP contribution in [-0.2, 0) is 14.3 Å². The number of carbonyl (C=O) groups is 2. The molecule has 0 radical (unpaired) electrons. The van der Waals surface area contributed by atoms with Crippen molar-refractivity contribution in [2.24, 2.45) is 0 Å². The van der Waals surface area contributed by atoms with Crippen molar-refractivity contribution >= 4 is 11.9 Å². The molecule has 0 saturated carbocycles. The van der Waals surface area contributed by atoms with Gasteiger partial charge in [0.1, 0.15) is 0 Å². The lowest BCUT2D eigenvalue weighted by atomic mass is 10.0. The van der Waals surface area contributed by atoms with Gasteiger partial charge in [0.05, 0.1) is 25.4 Å². The Labute approximate surface area is 443 Å². The van der Waals surface area contributed by atoms with Crippen LogP contribution in [0.2, 0.25) is 0 Å². The van der Waals surface area contributed by atoms with Crippen molar-refractivity contribution < 1.29 is 24.5 Å². The van der Waals surface area contributed by atoms with Crippen molar-refractivity contribution in [1.82, 2.24) is 5.32 Å². The minimum absolute atomic E-state index is 0.00880. The first-order valence-electron chi connectivity index (χ1n) is 32.1. The van der Waals surface area contributed by atoms with E-state index in [0.29, 0.717) is 25.9 Å². The van der Waals surface area contributed by atoms with Crippen LogP contribution in [-0.4, -0.2) is 47.4 Å². The Morgan fingerprint density at radius 2 is 0.662 bits per heavy atom. The molecule has 0 saturated heterocycles. The Bertz CT molecular complexity index is 1110. The van der Waals surface area contributed by atoms with Gasteiger partial charge >= 0.3 is 5.97 Å². The summed E-state index contributed by atoms with van der Waals surface area (Å²) in [6, 6.07) is -0.539. The van der Waals surface area contributed by atoms with Crippen LogP contribution in [0.25, 0.3) is 0 Å². The van der Waals surface area contributed by atoms with E-state index in [1.807, 2.05) is 0 Å². The molecule has 3 N–H and O–H groups in total. The maximum absolute atomic E-state index is 12.4. The number of esters is 1. The fourth-order valence-corrected chi connectivity index (χ4v) is 10.0. The number of rotatable bonds is 60. The molecule has 2 unspecified atom stereocenters. The second-order valence-corrected chi connectivity index (χ2v) is 22.1. The van der Waals surface area contributed by atoms with Crippen LogP contribution < -0.4 is 5.32 Å². The van der Waals surface area contributed by atoms with Gasteiger partial charge < -0.3 is 20.3 Å². The summed E-state index contributed by atoms with van der Waals surface area (Å²) in [7, 11) is 0. The van der Waals surface area contributed by atoms with E-state index in [4.69, 9.17) is 4.74 Å². The highest BCUT2D eigenvalue weighted by Crippen LogP contribution is 2.18. The summed E-state index contributed by atoms with van der Waals surface area (Å²) in [5.74, 6) is -0.0258. The second-order valence-electron chi connectivity index (χ2n) is 22.1. The first-order valence-corrected chi connectivity index (χ1v) is 32.1. The topological polar surface area (TPSA) is 95.9 Å². The van der Waals surface area contributed by atoms with Crippen molar-refractivity contribution in [2.45, 2.75) is 366 Å². The Morgan fingerprint density at radius 1 is 0.380 bits per heavy atom. The number of nitrogens with one attached hydrogen (secondary N) is 1. The van der Waals surface area contributed by atoms with Crippen LogP contribution in [0.1, 0.15) is 354 Å². The van der Waals surface area contributed by atoms with E-state index in [9.17, 15) is 19.8 Å². The minimum Gasteiger partial charge on any atom is -0.466 e. The molecule has 0 aromatic rings. The predicted molar refractivity (Wildman–Crippen MR) is 310 cm³/mol. The number of hydrogen-bond donors (Lipinski definition) is 3.